The van der Waals surface area contributed by atoms with Gasteiger partial charge in [-0.25, -0.2) is 8.78 Å². The number of amides is 1. The smallest absolute Gasteiger partial charge is 0.251 e. The third-order valence-corrected chi connectivity index (χ3v) is 4.33. The molecule has 2 aromatic carbocycles. The lowest BCUT2D eigenvalue weighted by molar-refractivity contribution is 0.0948. The second-order valence-electron chi connectivity index (χ2n) is 6.48. The highest BCUT2D eigenvalue weighted by Gasteiger charge is 2.08. The van der Waals surface area contributed by atoms with Crippen molar-refractivity contribution in [2.45, 2.75) is 19.6 Å². The summed E-state index contributed by atoms with van der Waals surface area (Å²) in [5.74, 6) is -0.111. The lowest BCUT2D eigenvalue weighted by atomic mass is 10.1. The van der Waals surface area contributed by atoms with Crippen molar-refractivity contribution in [3.8, 4) is 0 Å². The number of halogens is 3. The van der Waals surface area contributed by atoms with Gasteiger partial charge in [0.15, 0.2) is 5.96 Å². The summed E-state index contributed by atoms with van der Waals surface area (Å²) in [6.07, 6.45) is 1.55. The number of hydrogen-bond acceptors (Lipinski definition) is 3. The summed E-state index contributed by atoms with van der Waals surface area (Å²) >= 11 is 0. The molecule has 164 valence electrons. The highest BCUT2D eigenvalue weighted by molar-refractivity contribution is 14.0. The van der Waals surface area contributed by atoms with E-state index >= 15 is 0 Å². The van der Waals surface area contributed by atoms with Crippen LogP contribution in [0, 0.1) is 11.6 Å². The monoisotopic (exact) mass is 540 g/mol. The Hall–Kier alpha value is -2.95. The van der Waals surface area contributed by atoms with Gasteiger partial charge in [0.05, 0.1) is 12.8 Å². The predicted molar refractivity (Wildman–Crippen MR) is 125 cm³/mol. The SMILES string of the molecule is CN=C(NCc1cccc(C(=O)NCc2ccco2)c1)NCc1cc(F)ccc1F.I. The number of benzene rings is 2. The Labute approximate surface area is 196 Å². The van der Waals surface area contributed by atoms with Gasteiger partial charge in [-0.3, -0.25) is 9.79 Å². The minimum Gasteiger partial charge on any atom is -0.467 e. The normalized spacial score (nSPS) is 10.9. The topological polar surface area (TPSA) is 78.7 Å². The molecule has 31 heavy (non-hydrogen) atoms. The van der Waals surface area contributed by atoms with Crippen molar-refractivity contribution < 1.29 is 18.0 Å². The van der Waals surface area contributed by atoms with Gasteiger partial charge in [-0.1, -0.05) is 12.1 Å². The number of aliphatic imine (C=N–C) groups is 1. The molecule has 0 aliphatic heterocycles. The Bertz CT molecular complexity index is 1030. The lowest BCUT2D eigenvalue weighted by Gasteiger charge is -2.13. The van der Waals surface area contributed by atoms with Crippen molar-refractivity contribution in [3.63, 3.8) is 0 Å². The first-order valence-corrected chi connectivity index (χ1v) is 9.33. The van der Waals surface area contributed by atoms with Gasteiger partial charge in [0.1, 0.15) is 17.4 Å². The summed E-state index contributed by atoms with van der Waals surface area (Å²) < 4.78 is 32.2. The van der Waals surface area contributed by atoms with Crippen LogP contribution < -0.4 is 16.0 Å². The zero-order chi connectivity index (χ0) is 21.3. The first kappa shape index (κ1) is 24.3. The third kappa shape index (κ3) is 7.35. The van der Waals surface area contributed by atoms with Crippen LogP contribution in [-0.4, -0.2) is 18.9 Å². The van der Waals surface area contributed by atoms with Crippen molar-refractivity contribution in [2.24, 2.45) is 4.99 Å². The molecule has 0 spiro atoms. The van der Waals surface area contributed by atoms with E-state index in [9.17, 15) is 13.6 Å². The molecule has 0 aliphatic rings. The van der Waals surface area contributed by atoms with Gasteiger partial charge in [0.25, 0.3) is 5.91 Å². The van der Waals surface area contributed by atoms with Gasteiger partial charge >= 0.3 is 0 Å². The molecular formula is C22H23F2IN4O2. The molecule has 0 atom stereocenters. The van der Waals surface area contributed by atoms with E-state index in [4.69, 9.17) is 4.42 Å². The number of guanidine groups is 1. The fraction of sp³-hybridized carbons (Fsp3) is 0.182. The van der Waals surface area contributed by atoms with Gasteiger partial charge in [-0.05, 0) is 48.0 Å². The first-order chi connectivity index (χ1) is 14.5. The summed E-state index contributed by atoms with van der Waals surface area (Å²) in [7, 11) is 1.58. The fourth-order valence-electron chi connectivity index (χ4n) is 2.77. The van der Waals surface area contributed by atoms with Crippen LogP contribution in [0.4, 0.5) is 8.78 Å². The van der Waals surface area contributed by atoms with Crippen molar-refractivity contribution in [3.05, 3.63) is 94.9 Å². The van der Waals surface area contributed by atoms with Crippen LogP contribution in [0.2, 0.25) is 0 Å². The van der Waals surface area contributed by atoms with Gasteiger partial charge in [-0.15, -0.1) is 24.0 Å². The van der Waals surface area contributed by atoms with Crippen LogP contribution in [0.25, 0.3) is 0 Å². The third-order valence-electron chi connectivity index (χ3n) is 4.33. The molecule has 0 fully saturated rings. The molecule has 0 radical (unpaired) electrons. The Balaban J connectivity index is 0.00000341. The molecule has 3 N–H and O–H groups in total. The molecule has 0 saturated heterocycles. The molecule has 1 amide bonds. The molecule has 9 heteroatoms. The number of rotatable bonds is 7. The number of hydrogen-bond donors (Lipinski definition) is 3. The molecule has 1 heterocycles. The number of carbonyl (C=O) groups excluding carboxylic acids is 1. The van der Waals surface area contributed by atoms with E-state index in [0.29, 0.717) is 30.4 Å². The van der Waals surface area contributed by atoms with Crippen molar-refractivity contribution >= 4 is 35.8 Å². The molecular weight excluding hydrogens is 517 g/mol. The Morgan fingerprint density at radius 2 is 1.77 bits per heavy atom. The maximum absolute atomic E-state index is 13.7. The van der Waals surface area contributed by atoms with Crippen LogP contribution >= 0.6 is 24.0 Å². The summed E-state index contributed by atoms with van der Waals surface area (Å²) in [5, 5.41) is 8.82. The number of nitrogens with one attached hydrogen (secondary N) is 3. The second kappa shape index (κ2) is 12.0. The van der Waals surface area contributed by atoms with Crippen LogP contribution in [0.5, 0.6) is 0 Å². The average molecular weight is 540 g/mol. The van der Waals surface area contributed by atoms with E-state index in [-0.39, 0.29) is 42.0 Å². The first-order valence-electron chi connectivity index (χ1n) is 9.33. The Morgan fingerprint density at radius 1 is 0.968 bits per heavy atom. The summed E-state index contributed by atoms with van der Waals surface area (Å²) in [6.45, 7) is 0.782. The van der Waals surface area contributed by atoms with Gasteiger partial charge < -0.3 is 20.4 Å². The zero-order valence-electron chi connectivity index (χ0n) is 16.8. The molecule has 6 nitrogen and oxygen atoms in total. The quantitative estimate of drug-likeness (QED) is 0.241. The van der Waals surface area contributed by atoms with Crippen LogP contribution in [-0.2, 0) is 19.6 Å². The highest BCUT2D eigenvalue weighted by atomic mass is 127. The van der Waals surface area contributed by atoms with E-state index in [1.165, 1.54) is 0 Å². The predicted octanol–water partition coefficient (Wildman–Crippen LogP) is 3.97. The van der Waals surface area contributed by atoms with Gasteiger partial charge in [0.2, 0.25) is 0 Å². The molecule has 3 aromatic rings. The van der Waals surface area contributed by atoms with E-state index in [1.807, 2.05) is 6.07 Å². The van der Waals surface area contributed by atoms with Crippen molar-refractivity contribution in [1.29, 1.82) is 0 Å². The number of furan rings is 1. The second-order valence-corrected chi connectivity index (χ2v) is 6.48. The van der Waals surface area contributed by atoms with Gasteiger partial charge in [-0.2, -0.15) is 0 Å². The minimum absolute atomic E-state index is 0. The highest BCUT2D eigenvalue weighted by Crippen LogP contribution is 2.09. The molecule has 0 unspecified atom stereocenters. The standard InChI is InChI=1S/C22H22F2N4O2.HI/c1-25-22(28-13-17-11-18(23)7-8-20(17)24)27-12-15-4-2-5-16(10-15)21(29)26-14-19-6-3-9-30-19;/h2-11H,12-14H2,1H3,(H,26,29)(H2,25,27,28);1H. The Morgan fingerprint density at radius 3 is 2.52 bits per heavy atom. The summed E-state index contributed by atoms with van der Waals surface area (Å²) in [6, 6.07) is 14.0. The van der Waals surface area contributed by atoms with Crippen LogP contribution in [0.1, 0.15) is 27.2 Å². The number of nitrogens with zero attached hydrogens (tertiary/aromatic N) is 1. The van der Waals surface area contributed by atoms with E-state index in [1.54, 1.807) is 43.6 Å². The van der Waals surface area contributed by atoms with E-state index in [2.05, 4.69) is 20.9 Å². The summed E-state index contributed by atoms with van der Waals surface area (Å²) in [4.78, 5) is 16.4. The van der Waals surface area contributed by atoms with Gasteiger partial charge in [0, 0.05) is 31.3 Å². The lowest BCUT2D eigenvalue weighted by Crippen LogP contribution is -2.36. The number of carbonyl (C=O) groups is 1. The Kier molecular flexibility index (Phi) is 9.44. The largest absolute Gasteiger partial charge is 0.467 e. The van der Waals surface area contributed by atoms with Crippen LogP contribution in [0.3, 0.4) is 0 Å². The maximum atomic E-state index is 13.7. The van der Waals surface area contributed by atoms with Crippen molar-refractivity contribution in [2.75, 3.05) is 7.05 Å². The molecule has 3 rings (SSSR count). The minimum atomic E-state index is -0.502. The van der Waals surface area contributed by atoms with E-state index < -0.39 is 11.6 Å². The molecule has 0 saturated carbocycles. The molecule has 0 aliphatic carbocycles. The zero-order valence-corrected chi connectivity index (χ0v) is 19.2. The molecule has 1 aromatic heterocycles. The average Bonchev–Trinajstić information content (AvgIpc) is 3.28. The maximum Gasteiger partial charge on any atom is 0.251 e. The molecule has 0 bridgehead atoms. The summed E-state index contributed by atoms with van der Waals surface area (Å²) in [5.41, 5.74) is 1.58. The van der Waals surface area contributed by atoms with Crippen LogP contribution in [0.15, 0.2) is 70.3 Å². The fourth-order valence-corrected chi connectivity index (χ4v) is 2.77. The van der Waals surface area contributed by atoms with Crippen molar-refractivity contribution in [1.82, 2.24) is 16.0 Å². The van der Waals surface area contributed by atoms with E-state index in [0.717, 1.165) is 23.8 Å².